The van der Waals surface area contributed by atoms with E-state index in [4.69, 9.17) is 0 Å². The predicted octanol–water partition coefficient (Wildman–Crippen LogP) is 3.56. The van der Waals surface area contributed by atoms with E-state index < -0.39 is 0 Å². The molecule has 0 atom stereocenters. The molecule has 1 aromatic carbocycles. The lowest BCUT2D eigenvalue weighted by molar-refractivity contribution is 0.338. The van der Waals surface area contributed by atoms with Gasteiger partial charge < -0.3 is 5.32 Å². The van der Waals surface area contributed by atoms with Crippen LogP contribution in [0.5, 0.6) is 0 Å². The van der Waals surface area contributed by atoms with Crippen LogP contribution in [0.4, 0.5) is 0 Å². The van der Waals surface area contributed by atoms with Gasteiger partial charge in [-0.05, 0) is 42.9 Å². The first-order chi connectivity index (χ1) is 7.55. The summed E-state index contributed by atoms with van der Waals surface area (Å²) in [6.07, 6.45) is 2.36. The van der Waals surface area contributed by atoms with Gasteiger partial charge in [-0.2, -0.15) is 0 Å². The van der Waals surface area contributed by atoms with Crippen molar-refractivity contribution in [3.63, 3.8) is 0 Å². The molecule has 0 amide bonds. The normalized spacial score (nSPS) is 11.8. The molecule has 0 aliphatic carbocycles. The van der Waals surface area contributed by atoms with E-state index in [0.717, 1.165) is 19.5 Å². The average Bonchev–Trinajstić information content (AvgIpc) is 2.21. The maximum atomic E-state index is 3.52. The summed E-state index contributed by atoms with van der Waals surface area (Å²) in [7, 11) is 0. The van der Waals surface area contributed by atoms with Crippen LogP contribution in [0.1, 0.15) is 38.3 Å². The lowest BCUT2D eigenvalue weighted by atomic mass is 9.84. The summed E-state index contributed by atoms with van der Waals surface area (Å²) in [6, 6.07) is 8.70. The van der Waals surface area contributed by atoms with Crippen molar-refractivity contribution >= 4 is 0 Å². The van der Waals surface area contributed by atoms with Gasteiger partial charge in [0.15, 0.2) is 0 Å². The fourth-order valence-electron chi connectivity index (χ4n) is 1.99. The SMILES string of the molecule is CCCNCC(C)(C)Cc1ccccc1C. The summed E-state index contributed by atoms with van der Waals surface area (Å²) >= 11 is 0. The molecule has 0 saturated heterocycles. The van der Waals surface area contributed by atoms with Crippen molar-refractivity contribution < 1.29 is 0 Å². The zero-order chi connectivity index (χ0) is 12.0. The van der Waals surface area contributed by atoms with Gasteiger partial charge in [-0.1, -0.05) is 45.0 Å². The molecule has 90 valence electrons. The Kier molecular flexibility index (Phi) is 5.01. The van der Waals surface area contributed by atoms with E-state index in [0.29, 0.717) is 5.41 Å². The molecule has 1 nitrogen and oxygen atoms in total. The number of benzene rings is 1. The van der Waals surface area contributed by atoms with Gasteiger partial charge in [0, 0.05) is 6.54 Å². The Bertz CT molecular complexity index is 315. The highest BCUT2D eigenvalue weighted by Crippen LogP contribution is 2.22. The third kappa shape index (κ3) is 4.36. The van der Waals surface area contributed by atoms with E-state index in [9.17, 15) is 0 Å². The van der Waals surface area contributed by atoms with Gasteiger partial charge in [0.25, 0.3) is 0 Å². The number of hydrogen-bond acceptors (Lipinski definition) is 1. The van der Waals surface area contributed by atoms with E-state index in [1.54, 1.807) is 0 Å². The molecule has 0 radical (unpaired) electrons. The second-order valence-corrected chi connectivity index (χ2v) is 5.44. The van der Waals surface area contributed by atoms with Crippen molar-refractivity contribution in [3.05, 3.63) is 35.4 Å². The fraction of sp³-hybridized carbons (Fsp3) is 0.600. The van der Waals surface area contributed by atoms with E-state index in [1.807, 2.05) is 0 Å². The molecule has 1 N–H and O–H groups in total. The van der Waals surface area contributed by atoms with Crippen LogP contribution in [-0.2, 0) is 6.42 Å². The second kappa shape index (κ2) is 6.05. The molecular weight excluding hydrogens is 194 g/mol. The first-order valence-corrected chi connectivity index (χ1v) is 6.30. The van der Waals surface area contributed by atoms with Gasteiger partial charge >= 0.3 is 0 Å². The van der Waals surface area contributed by atoms with Crippen molar-refractivity contribution in [2.24, 2.45) is 5.41 Å². The minimum absolute atomic E-state index is 0.335. The smallest absolute Gasteiger partial charge is 0.000570 e. The number of rotatable bonds is 6. The largest absolute Gasteiger partial charge is 0.316 e. The van der Waals surface area contributed by atoms with Crippen molar-refractivity contribution in [2.75, 3.05) is 13.1 Å². The minimum Gasteiger partial charge on any atom is -0.316 e. The van der Waals surface area contributed by atoms with Gasteiger partial charge in [0.2, 0.25) is 0 Å². The van der Waals surface area contributed by atoms with Crippen LogP contribution >= 0.6 is 0 Å². The summed E-state index contributed by atoms with van der Waals surface area (Å²) in [5, 5.41) is 3.52. The summed E-state index contributed by atoms with van der Waals surface area (Å²) in [5.74, 6) is 0. The fourth-order valence-corrected chi connectivity index (χ4v) is 1.99. The third-order valence-electron chi connectivity index (χ3n) is 2.96. The van der Waals surface area contributed by atoms with Crippen LogP contribution in [0.3, 0.4) is 0 Å². The molecule has 0 aliphatic heterocycles. The van der Waals surface area contributed by atoms with Crippen LogP contribution in [0.2, 0.25) is 0 Å². The molecule has 1 rings (SSSR count). The summed E-state index contributed by atoms with van der Waals surface area (Å²) in [6.45, 7) is 11.3. The van der Waals surface area contributed by atoms with Crippen molar-refractivity contribution in [1.82, 2.24) is 5.32 Å². The second-order valence-electron chi connectivity index (χ2n) is 5.44. The Labute approximate surface area is 100 Å². The molecule has 16 heavy (non-hydrogen) atoms. The Balaban J connectivity index is 2.55. The molecule has 0 aliphatic rings. The first-order valence-electron chi connectivity index (χ1n) is 6.30. The van der Waals surface area contributed by atoms with Crippen molar-refractivity contribution in [3.8, 4) is 0 Å². The summed E-state index contributed by atoms with van der Waals surface area (Å²) in [4.78, 5) is 0. The van der Waals surface area contributed by atoms with Crippen LogP contribution < -0.4 is 5.32 Å². The van der Waals surface area contributed by atoms with Gasteiger partial charge in [0.1, 0.15) is 0 Å². The number of nitrogens with one attached hydrogen (secondary N) is 1. The van der Waals surface area contributed by atoms with Crippen LogP contribution in [0.25, 0.3) is 0 Å². The molecule has 0 bridgehead atoms. The number of aryl methyl sites for hydroxylation is 1. The van der Waals surface area contributed by atoms with Crippen LogP contribution in [0, 0.1) is 12.3 Å². The van der Waals surface area contributed by atoms with E-state index in [-0.39, 0.29) is 0 Å². The Morgan fingerprint density at radius 2 is 1.88 bits per heavy atom. The minimum atomic E-state index is 0.335. The van der Waals surface area contributed by atoms with Crippen LogP contribution in [-0.4, -0.2) is 13.1 Å². The molecule has 0 spiro atoms. The lowest BCUT2D eigenvalue weighted by Crippen LogP contribution is -2.31. The molecule has 1 aromatic rings. The van der Waals surface area contributed by atoms with Gasteiger partial charge in [0.05, 0.1) is 0 Å². The van der Waals surface area contributed by atoms with Crippen molar-refractivity contribution in [1.29, 1.82) is 0 Å². The summed E-state index contributed by atoms with van der Waals surface area (Å²) in [5.41, 5.74) is 3.22. The van der Waals surface area contributed by atoms with Gasteiger partial charge in [-0.15, -0.1) is 0 Å². The predicted molar refractivity (Wildman–Crippen MR) is 71.8 cm³/mol. The standard InChI is InChI=1S/C15H25N/c1-5-10-16-12-15(3,4)11-14-9-7-6-8-13(14)2/h6-9,16H,5,10-12H2,1-4H3. The Morgan fingerprint density at radius 3 is 2.50 bits per heavy atom. The Hall–Kier alpha value is -0.820. The summed E-state index contributed by atoms with van der Waals surface area (Å²) < 4.78 is 0. The molecule has 0 aromatic heterocycles. The van der Waals surface area contributed by atoms with Crippen LogP contribution in [0.15, 0.2) is 24.3 Å². The molecule has 0 heterocycles. The topological polar surface area (TPSA) is 12.0 Å². The zero-order valence-electron chi connectivity index (χ0n) is 11.1. The van der Waals surface area contributed by atoms with Gasteiger partial charge in [-0.3, -0.25) is 0 Å². The monoisotopic (exact) mass is 219 g/mol. The molecule has 0 saturated carbocycles. The molecule has 1 heteroatoms. The highest BCUT2D eigenvalue weighted by Gasteiger charge is 2.18. The van der Waals surface area contributed by atoms with Gasteiger partial charge in [-0.25, -0.2) is 0 Å². The zero-order valence-corrected chi connectivity index (χ0v) is 11.1. The van der Waals surface area contributed by atoms with Crippen molar-refractivity contribution in [2.45, 2.75) is 40.5 Å². The van der Waals surface area contributed by atoms with E-state index in [2.05, 4.69) is 57.3 Å². The highest BCUT2D eigenvalue weighted by molar-refractivity contribution is 5.26. The lowest BCUT2D eigenvalue weighted by Gasteiger charge is -2.26. The average molecular weight is 219 g/mol. The quantitative estimate of drug-likeness (QED) is 0.721. The molecular formula is C15H25N. The first kappa shape index (κ1) is 13.2. The maximum Gasteiger partial charge on any atom is 0.000570 e. The maximum absolute atomic E-state index is 3.52. The Morgan fingerprint density at radius 1 is 1.19 bits per heavy atom. The van der Waals surface area contributed by atoms with E-state index >= 15 is 0 Å². The number of hydrogen-bond donors (Lipinski definition) is 1. The molecule has 0 fully saturated rings. The third-order valence-corrected chi connectivity index (χ3v) is 2.96. The van der Waals surface area contributed by atoms with E-state index in [1.165, 1.54) is 17.5 Å². The highest BCUT2D eigenvalue weighted by atomic mass is 14.9. The molecule has 0 unspecified atom stereocenters.